The minimum absolute atomic E-state index is 0.0626. The molecule has 1 N–H and O–H groups in total. The number of nitrogens with one attached hydrogen (secondary N) is 1. The predicted molar refractivity (Wildman–Crippen MR) is 86.0 cm³/mol. The highest BCUT2D eigenvalue weighted by molar-refractivity contribution is 5.88. The van der Waals surface area contributed by atoms with Crippen molar-refractivity contribution >= 4 is 16.7 Å². The topological polar surface area (TPSA) is 74.0 Å². The lowest BCUT2D eigenvalue weighted by atomic mass is 10.1. The molecule has 0 radical (unpaired) electrons. The van der Waals surface area contributed by atoms with Gasteiger partial charge in [-0.1, -0.05) is 0 Å². The number of aromatic nitrogens is 2. The maximum Gasteiger partial charge on any atom is 0.252 e. The number of fused-ring (bicyclic) bond motifs is 1. The first-order valence-corrected chi connectivity index (χ1v) is 7.42. The summed E-state index contributed by atoms with van der Waals surface area (Å²) in [4.78, 5) is 18.9. The lowest BCUT2D eigenvalue weighted by Gasteiger charge is -2.39. The first-order valence-electron chi connectivity index (χ1n) is 7.42. The van der Waals surface area contributed by atoms with Crippen molar-refractivity contribution in [3.63, 3.8) is 0 Å². The highest BCUT2D eigenvalue weighted by Gasteiger charge is 2.25. The Labute approximate surface area is 129 Å². The summed E-state index contributed by atoms with van der Waals surface area (Å²) in [5.74, 6) is 0. The van der Waals surface area contributed by atoms with Gasteiger partial charge in [0.05, 0.1) is 11.2 Å². The van der Waals surface area contributed by atoms with Crippen molar-refractivity contribution in [2.24, 2.45) is 7.05 Å². The molecule has 114 valence electrons. The Morgan fingerprint density at radius 3 is 2.91 bits per heavy atom. The van der Waals surface area contributed by atoms with E-state index in [-0.39, 0.29) is 11.6 Å². The van der Waals surface area contributed by atoms with Crippen LogP contribution in [0.4, 0.5) is 5.69 Å². The van der Waals surface area contributed by atoms with E-state index in [2.05, 4.69) is 35.1 Å². The van der Waals surface area contributed by atoms with Crippen molar-refractivity contribution in [1.29, 1.82) is 5.26 Å². The average molecular weight is 297 g/mol. The van der Waals surface area contributed by atoms with Gasteiger partial charge in [-0.05, 0) is 26.0 Å². The zero-order chi connectivity index (χ0) is 15.9. The Hall–Kier alpha value is -2.39. The van der Waals surface area contributed by atoms with Gasteiger partial charge in [0.15, 0.2) is 0 Å². The molecular weight excluding hydrogens is 278 g/mol. The van der Waals surface area contributed by atoms with Crippen LogP contribution in [0.1, 0.15) is 19.5 Å². The summed E-state index contributed by atoms with van der Waals surface area (Å²) in [6.07, 6.45) is 0. The van der Waals surface area contributed by atoms with E-state index in [1.165, 1.54) is 0 Å². The van der Waals surface area contributed by atoms with Gasteiger partial charge in [-0.25, -0.2) is 4.98 Å². The van der Waals surface area contributed by atoms with Gasteiger partial charge in [-0.2, -0.15) is 5.26 Å². The summed E-state index contributed by atoms with van der Waals surface area (Å²) in [5.41, 5.74) is 2.58. The molecule has 1 aliphatic rings. The van der Waals surface area contributed by atoms with Crippen LogP contribution in [-0.4, -0.2) is 34.7 Å². The monoisotopic (exact) mass is 297 g/mol. The predicted octanol–water partition coefficient (Wildman–Crippen LogP) is 0.992. The Morgan fingerprint density at radius 1 is 1.41 bits per heavy atom. The quantitative estimate of drug-likeness (QED) is 0.850. The molecule has 2 aromatic heterocycles. The number of anilines is 1. The molecule has 0 aromatic carbocycles. The number of piperazine rings is 1. The normalized spacial score (nSPS) is 21.8. The SMILES string of the molecule is CC1CN(c2cc(=O)n(C)c3ccc(C#N)nc23)[C@@H](C)CN1. The molecule has 2 aromatic rings. The van der Waals surface area contributed by atoms with E-state index >= 15 is 0 Å². The Bertz CT molecular complexity index is 820. The number of hydrogen-bond acceptors (Lipinski definition) is 5. The molecule has 6 nitrogen and oxygen atoms in total. The molecule has 22 heavy (non-hydrogen) atoms. The average Bonchev–Trinajstić information content (AvgIpc) is 2.53. The molecule has 1 unspecified atom stereocenters. The van der Waals surface area contributed by atoms with Gasteiger partial charge < -0.3 is 14.8 Å². The van der Waals surface area contributed by atoms with E-state index in [1.54, 1.807) is 29.8 Å². The van der Waals surface area contributed by atoms with Crippen molar-refractivity contribution in [2.45, 2.75) is 25.9 Å². The minimum atomic E-state index is -0.0626. The summed E-state index contributed by atoms with van der Waals surface area (Å²) in [7, 11) is 1.73. The number of pyridine rings is 2. The molecule has 3 rings (SSSR count). The summed E-state index contributed by atoms with van der Waals surface area (Å²) in [6, 6.07) is 7.75. The van der Waals surface area contributed by atoms with Crippen LogP contribution in [0.3, 0.4) is 0 Å². The van der Waals surface area contributed by atoms with Crippen molar-refractivity contribution < 1.29 is 0 Å². The van der Waals surface area contributed by atoms with Crippen LogP contribution in [0.2, 0.25) is 0 Å². The fraction of sp³-hybridized carbons (Fsp3) is 0.438. The van der Waals surface area contributed by atoms with E-state index < -0.39 is 0 Å². The number of hydrogen-bond donors (Lipinski definition) is 1. The summed E-state index contributed by atoms with van der Waals surface area (Å²) in [5, 5.41) is 12.5. The van der Waals surface area contributed by atoms with Crippen molar-refractivity contribution in [1.82, 2.24) is 14.9 Å². The number of nitrogens with zero attached hydrogens (tertiary/aromatic N) is 4. The number of rotatable bonds is 1. The third-order valence-electron chi connectivity index (χ3n) is 4.26. The zero-order valence-corrected chi connectivity index (χ0v) is 13.0. The van der Waals surface area contributed by atoms with Crippen molar-refractivity contribution in [2.75, 3.05) is 18.0 Å². The van der Waals surface area contributed by atoms with E-state index in [0.29, 0.717) is 17.3 Å². The Morgan fingerprint density at radius 2 is 2.18 bits per heavy atom. The third-order valence-corrected chi connectivity index (χ3v) is 4.26. The molecule has 0 spiro atoms. The van der Waals surface area contributed by atoms with Crippen LogP contribution < -0.4 is 15.8 Å². The van der Waals surface area contributed by atoms with Crippen molar-refractivity contribution in [3.8, 4) is 6.07 Å². The number of aryl methyl sites for hydroxylation is 1. The highest BCUT2D eigenvalue weighted by atomic mass is 16.1. The first-order chi connectivity index (χ1) is 10.5. The highest BCUT2D eigenvalue weighted by Crippen LogP contribution is 2.26. The molecule has 2 atom stereocenters. The molecule has 6 heteroatoms. The van der Waals surface area contributed by atoms with E-state index in [1.807, 2.05) is 0 Å². The largest absolute Gasteiger partial charge is 0.364 e. The molecule has 0 saturated carbocycles. The zero-order valence-electron chi connectivity index (χ0n) is 13.0. The minimum Gasteiger partial charge on any atom is -0.364 e. The van der Waals surface area contributed by atoms with Crippen LogP contribution in [-0.2, 0) is 7.05 Å². The fourth-order valence-corrected chi connectivity index (χ4v) is 2.95. The molecule has 0 bridgehead atoms. The molecule has 1 fully saturated rings. The van der Waals surface area contributed by atoms with Gasteiger partial charge in [0, 0.05) is 38.3 Å². The fourth-order valence-electron chi connectivity index (χ4n) is 2.95. The third kappa shape index (κ3) is 2.34. The second kappa shape index (κ2) is 5.43. The summed E-state index contributed by atoms with van der Waals surface area (Å²) >= 11 is 0. The van der Waals surface area contributed by atoms with Crippen LogP contribution in [0, 0.1) is 11.3 Å². The second-order valence-electron chi connectivity index (χ2n) is 5.91. The standard InChI is InChI=1S/C16H19N5O/c1-10-9-21(11(2)8-18-10)14-6-15(22)20(3)13-5-4-12(7-17)19-16(13)14/h4-6,10-11,18H,8-9H2,1-3H3/t10?,11-/m0/s1. The molecule has 0 aliphatic carbocycles. The van der Waals surface area contributed by atoms with Gasteiger partial charge >= 0.3 is 0 Å². The van der Waals surface area contributed by atoms with E-state index in [0.717, 1.165) is 24.3 Å². The van der Waals surface area contributed by atoms with Crippen LogP contribution in [0.15, 0.2) is 23.0 Å². The summed E-state index contributed by atoms with van der Waals surface area (Å²) in [6.45, 7) is 5.91. The molecule has 3 heterocycles. The van der Waals surface area contributed by atoms with Crippen molar-refractivity contribution in [3.05, 3.63) is 34.2 Å². The van der Waals surface area contributed by atoms with Crippen LogP contribution in [0.25, 0.3) is 11.0 Å². The maximum atomic E-state index is 12.3. The Kier molecular flexibility index (Phi) is 3.59. The van der Waals surface area contributed by atoms with Crippen LogP contribution >= 0.6 is 0 Å². The van der Waals surface area contributed by atoms with E-state index in [4.69, 9.17) is 5.26 Å². The molecule has 1 aliphatic heterocycles. The van der Waals surface area contributed by atoms with Gasteiger partial charge in [-0.3, -0.25) is 4.79 Å². The van der Waals surface area contributed by atoms with Gasteiger partial charge in [0.2, 0.25) is 0 Å². The first kappa shape index (κ1) is 14.5. The lowest BCUT2D eigenvalue weighted by molar-refractivity contribution is 0.425. The molecule has 1 saturated heterocycles. The molecular formula is C16H19N5O. The molecule has 0 amide bonds. The van der Waals surface area contributed by atoms with Crippen LogP contribution in [0.5, 0.6) is 0 Å². The summed E-state index contributed by atoms with van der Waals surface area (Å²) < 4.78 is 1.57. The van der Waals surface area contributed by atoms with Gasteiger partial charge in [0.1, 0.15) is 17.3 Å². The lowest BCUT2D eigenvalue weighted by Crippen LogP contribution is -2.54. The Balaban J connectivity index is 2.26. The van der Waals surface area contributed by atoms with E-state index in [9.17, 15) is 4.79 Å². The maximum absolute atomic E-state index is 12.3. The smallest absolute Gasteiger partial charge is 0.252 e. The van der Waals surface area contributed by atoms with Gasteiger partial charge in [0.25, 0.3) is 5.56 Å². The van der Waals surface area contributed by atoms with Gasteiger partial charge in [-0.15, -0.1) is 0 Å². The number of nitriles is 1. The second-order valence-corrected chi connectivity index (χ2v) is 5.91.